The van der Waals surface area contributed by atoms with Crippen LogP contribution in [0.25, 0.3) is 0 Å². The minimum atomic E-state index is -3.10. The standard InChI is InChI=1S/C8H16N2O3S/c1-2-14(12,13)9-8-3-5-10(7-11)6-4-8/h7-9H,2-6H2,1H3. The number of amides is 1. The molecule has 0 saturated carbocycles. The van der Waals surface area contributed by atoms with Gasteiger partial charge in [-0.05, 0) is 19.8 Å². The lowest BCUT2D eigenvalue weighted by atomic mass is 10.1. The van der Waals surface area contributed by atoms with Gasteiger partial charge in [-0.2, -0.15) is 0 Å². The van der Waals surface area contributed by atoms with Crippen molar-refractivity contribution in [3.63, 3.8) is 0 Å². The van der Waals surface area contributed by atoms with Crippen LogP contribution in [0.2, 0.25) is 0 Å². The van der Waals surface area contributed by atoms with Crippen molar-refractivity contribution in [3.8, 4) is 0 Å². The highest BCUT2D eigenvalue weighted by Crippen LogP contribution is 2.09. The van der Waals surface area contributed by atoms with Crippen molar-refractivity contribution in [2.75, 3.05) is 18.8 Å². The van der Waals surface area contributed by atoms with Gasteiger partial charge in [0.25, 0.3) is 0 Å². The Bertz CT molecular complexity index is 281. The molecule has 1 aliphatic heterocycles. The summed E-state index contributed by atoms with van der Waals surface area (Å²) in [6.07, 6.45) is 2.22. The molecule has 1 saturated heterocycles. The summed E-state index contributed by atoms with van der Waals surface area (Å²) in [6, 6.07) is -0.00356. The summed E-state index contributed by atoms with van der Waals surface area (Å²) in [4.78, 5) is 12.1. The first-order valence-corrected chi connectivity index (χ1v) is 6.42. The molecule has 5 nitrogen and oxygen atoms in total. The molecule has 1 heterocycles. The predicted octanol–water partition coefficient (Wildman–Crippen LogP) is -0.453. The molecule has 0 unspecified atom stereocenters. The van der Waals surface area contributed by atoms with Crippen molar-refractivity contribution in [2.24, 2.45) is 0 Å². The van der Waals surface area contributed by atoms with Crippen molar-refractivity contribution in [1.29, 1.82) is 0 Å². The zero-order valence-corrected chi connectivity index (χ0v) is 9.09. The van der Waals surface area contributed by atoms with Gasteiger partial charge in [-0.15, -0.1) is 0 Å². The number of hydrogen-bond donors (Lipinski definition) is 1. The molecule has 0 aromatic carbocycles. The molecule has 14 heavy (non-hydrogen) atoms. The molecule has 0 bridgehead atoms. The van der Waals surface area contributed by atoms with E-state index in [9.17, 15) is 13.2 Å². The van der Waals surface area contributed by atoms with Gasteiger partial charge < -0.3 is 4.90 Å². The van der Waals surface area contributed by atoms with Crippen LogP contribution in [-0.2, 0) is 14.8 Å². The van der Waals surface area contributed by atoms with Gasteiger partial charge in [0.15, 0.2) is 0 Å². The van der Waals surface area contributed by atoms with Gasteiger partial charge in [-0.1, -0.05) is 0 Å². The van der Waals surface area contributed by atoms with Crippen LogP contribution in [0.3, 0.4) is 0 Å². The zero-order chi connectivity index (χ0) is 10.6. The highest BCUT2D eigenvalue weighted by Gasteiger charge is 2.21. The summed E-state index contributed by atoms with van der Waals surface area (Å²) in [5.41, 5.74) is 0. The van der Waals surface area contributed by atoms with Crippen molar-refractivity contribution in [2.45, 2.75) is 25.8 Å². The number of nitrogens with one attached hydrogen (secondary N) is 1. The third-order valence-electron chi connectivity index (χ3n) is 2.40. The van der Waals surface area contributed by atoms with Gasteiger partial charge in [0, 0.05) is 19.1 Å². The first-order valence-electron chi connectivity index (χ1n) is 4.76. The van der Waals surface area contributed by atoms with E-state index in [0.717, 1.165) is 6.41 Å². The van der Waals surface area contributed by atoms with E-state index in [1.807, 2.05) is 0 Å². The smallest absolute Gasteiger partial charge is 0.211 e. The van der Waals surface area contributed by atoms with Crippen LogP contribution < -0.4 is 4.72 Å². The molecule has 0 aliphatic carbocycles. The van der Waals surface area contributed by atoms with Crippen LogP contribution in [0.1, 0.15) is 19.8 Å². The quantitative estimate of drug-likeness (QED) is 0.652. The third-order valence-corrected chi connectivity index (χ3v) is 3.86. The van der Waals surface area contributed by atoms with Gasteiger partial charge in [-0.25, -0.2) is 13.1 Å². The number of nitrogens with zero attached hydrogens (tertiary/aromatic N) is 1. The molecule has 1 rings (SSSR count). The Morgan fingerprint density at radius 3 is 2.43 bits per heavy atom. The first-order chi connectivity index (χ1) is 6.57. The lowest BCUT2D eigenvalue weighted by molar-refractivity contribution is -0.119. The fraction of sp³-hybridized carbons (Fsp3) is 0.875. The summed E-state index contributed by atoms with van der Waals surface area (Å²) in [5, 5.41) is 0. The second-order valence-corrected chi connectivity index (χ2v) is 5.48. The molecule has 0 atom stereocenters. The summed E-state index contributed by atoms with van der Waals surface area (Å²) in [5.74, 6) is 0.112. The summed E-state index contributed by atoms with van der Waals surface area (Å²) in [7, 11) is -3.10. The van der Waals surface area contributed by atoms with Crippen LogP contribution >= 0.6 is 0 Å². The van der Waals surface area contributed by atoms with E-state index >= 15 is 0 Å². The van der Waals surface area contributed by atoms with Crippen LogP contribution in [0.5, 0.6) is 0 Å². The maximum Gasteiger partial charge on any atom is 0.211 e. The van der Waals surface area contributed by atoms with E-state index in [-0.39, 0.29) is 11.8 Å². The monoisotopic (exact) mass is 220 g/mol. The summed E-state index contributed by atoms with van der Waals surface area (Å²) in [6.45, 7) is 2.89. The number of hydrogen-bond acceptors (Lipinski definition) is 3. The van der Waals surface area contributed by atoms with E-state index in [0.29, 0.717) is 25.9 Å². The summed E-state index contributed by atoms with van der Waals surface area (Å²) >= 11 is 0. The van der Waals surface area contributed by atoms with E-state index < -0.39 is 10.0 Å². The zero-order valence-electron chi connectivity index (χ0n) is 8.27. The highest BCUT2D eigenvalue weighted by molar-refractivity contribution is 7.89. The number of likely N-dealkylation sites (tertiary alicyclic amines) is 1. The average molecular weight is 220 g/mol. The summed E-state index contributed by atoms with van der Waals surface area (Å²) < 4.78 is 25.1. The van der Waals surface area contributed by atoms with E-state index in [1.165, 1.54) is 0 Å². The lowest BCUT2D eigenvalue weighted by Crippen LogP contribution is -2.44. The highest BCUT2D eigenvalue weighted by atomic mass is 32.2. The molecular weight excluding hydrogens is 204 g/mol. The average Bonchev–Trinajstić information content (AvgIpc) is 2.19. The molecule has 0 spiro atoms. The molecule has 6 heteroatoms. The molecule has 1 aliphatic rings. The maximum atomic E-state index is 11.2. The Hall–Kier alpha value is -0.620. The van der Waals surface area contributed by atoms with E-state index in [2.05, 4.69) is 4.72 Å². The molecule has 0 aromatic heterocycles. The fourth-order valence-electron chi connectivity index (χ4n) is 1.46. The minimum Gasteiger partial charge on any atom is -0.345 e. The maximum absolute atomic E-state index is 11.2. The molecular formula is C8H16N2O3S. The van der Waals surface area contributed by atoms with Gasteiger partial charge in [0.1, 0.15) is 0 Å². The molecule has 1 amide bonds. The van der Waals surface area contributed by atoms with Gasteiger partial charge in [-0.3, -0.25) is 4.79 Å². The second-order valence-electron chi connectivity index (χ2n) is 3.44. The van der Waals surface area contributed by atoms with Crippen LogP contribution in [0.15, 0.2) is 0 Å². The Kier molecular flexibility index (Phi) is 3.88. The van der Waals surface area contributed by atoms with Crippen LogP contribution in [0, 0.1) is 0 Å². The molecule has 1 fully saturated rings. The predicted molar refractivity (Wildman–Crippen MR) is 53.3 cm³/mol. The Balaban J connectivity index is 2.40. The first kappa shape index (κ1) is 11.5. The number of piperidine rings is 1. The molecule has 0 aromatic rings. The fourth-order valence-corrected chi connectivity index (χ4v) is 2.37. The third kappa shape index (κ3) is 3.26. The number of sulfonamides is 1. The van der Waals surface area contributed by atoms with Gasteiger partial charge in [0.05, 0.1) is 5.75 Å². The van der Waals surface area contributed by atoms with E-state index in [4.69, 9.17) is 0 Å². The molecule has 1 N–H and O–H groups in total. The van der Waals surface area contributed by atoms with Crippen molar-refractivity contribution >= 4 is 16.4 Å². The molecule has 82 valence electrons. The normalized spacial score (nSPS) is 19.6. The van der Waals surface area contributed by atoms with Gasteiger partial charge in [0.2, 0.25) is 16.4 Å². The van der Waals surface area contributed by atoms with Crippen LogP contribution in [0.4, 0.5) is 0 Å². The Labute approximate surface area is 84.5 Å². The van der Waals surface area contributed by atoms with Crippen molar-refractivity contribution in [1.82, 2.24) is 9.62 Å². The van der Waals surface area contributed by atoms with Crippen molar-refractivity contribution in [3.05, 3.63) is 0 Å². The Morgan fingerprint density at radius 1 is 1.43 bits per heavy atom. The Morgan fingerprint density at radius 2 is 2.00 bits per heavy atom. The SMILES string of the molecule is CCS(=O)(=O)NC1CCN(C=O)CC1. The molecule has 0 radical (unpaired) electrons. The second kappa shape index (κ2) is 4.75. The van der Waals surface area contributed by atoms with E-state index in [1.54, 1.807) is 11.8 Å². The number of carbonyl (C=O) groups is 1. The largest absolute Gasteiger partial charge is 0.345 e. The number of rotatable bonds is 4. The lowest BCUT2D eigenvalue weighted by Gasteiger charge is -2.29. The van der Waals surface area contributed by atoms with Crippen LogP contribution in [-0.4, -0.2) is 44.6 Å². The number of carbonyl (C=O) groups excluding carboxylic acids is 1. The minimum absolute atomic E-state index is 0.00356. The van der Waals surface area contributed by atoms with Gasteiger partial charge >= 0.3 is 0 Å². The topological polar surface area (TPSA) is 66.5 Å². The van der Waals surface area contributed by atoms with Crippen molar-refractivity contribution < 1.29 is 13.2 Å².